The molecule has 0 aliphatic carbocycles. The second kappa shape index (κ2) is 8.85. The lowest BCUT2D eigenvalue weighted by molar-refractivity contribution is -0.226. The molecular weight excluding hydrogens is 322 g/mol. The van der Waals surface area contributed by atoms with Crippen molar-refractivity contribution in [2.45, 2.75) is 65.1 Å². The number of nitrogens with zero attached hydrogens (tertiary/aromatic N) is 1. The van der Waals surface area contributed by atoms with E-state index in [2.05, 4.69) is 12.1 Å². The van der Waals surface area contributed by atoms with Gasteiger partial charge in [0.15, 0.2) is 5.60 Å². The topological polar surface area (TPSA) is 76.1 Å². The monoisotopic (exact) mass is 351 g/mol. The zero-order valence-corrected chi connectivity index (χ0v) is 15.7. The highest BCUT2D eigenvalue weighted by Crippen LogP contribution is 2.17. The molecule has 0 bridgehead atoms. The lowest BCUT2D eigenvalue weighted by Crippen LogP contribution is -2.46. The molecule has 1 N–H and O–H groups in total. The van der Waals surface area contributed by atoms with Crippen LogP contribution in [0, 0.1) is 0 Å². The number of hydrogen-bond donors (Lipinski definition) is 1. The summed E-state index contributed by atoms with van der Waals surface area (Å²) in [5.74, 6) is -1.15. The number of unbranched alkanes of at least 4 members (excludes halogenated alkanes) is 1. The third-order valence-electron chi connectivity index (χ3n) is 3.37. The summed E-state index contributed by atoms with van der Waals surface area (Å²) in [5.41, 5.74) is -0.981. The zero-order chi connectivity index (χ0) is 19.1. The number of carbonyl (C=O) groups is 2. The summed E-state index contributed by atoms with van der Waals surface area (Å²) in [5, 5.41) is 10.2. The van der Waals surface area contributed by atoms with E-state index in [9.17, 15) is 14.7 Å². The van der Waals surface area contributed by atoms with E-state index in [4.69, 9.17) is 9.57 Å². The lowest BCUT2D eigenvalue weighted by atomic mass is 10.1. The molecular formula is C19H29NO5. The number of amides is 1. The van der Waals surface area contributed by atoms with Crippen LogP contribution < -0.4 is 0 Å². The zero-order valence-electron chi connectivity index (χ0n) is 15.7. The minimum Gasteiger partial charge on any atom is -0.479 e. The van der Waals surface area contributed by atoms with Gasteiger partial charge in [-0.3, -0.25) is 4.84 Å². The van der Waals surface area contributed by atoms with Crippen molar-refractivity contribution in [3.63, 3.8) is 0 Å². The molecule has 1 aromatic rings. The van der Waals surface area contributed by atoms with Gasteiger partial charge in [0, 0.05) is 0 Å². The smallest absolute Gasteiger partial charge is 0.434 e. The van der Waals surface area contributed by atoms with E-state index in [1.807, 2.05) is 18.2 Å². The van der Waals surface area contributed by atoms with Crippen molar-refractivity contribution in [3.8, 4) is 0 Å². The van der Waals surface area contributed by atoms with Crippen LogP contribution in [0.3, 0.4) is 0 Å². The van der Waals surface area contributed by atoms with Gasteiger partial charge in [0.1, 0.15) is 5.60 Å². The molecule has 0 aromatic heterocycles. The van der Waals surface area contributed by atoms with Gasteiger partial charge >= 0.3 is 12.1 Å². The predicted molar refractivity (Wildman–Crippen MR) is 95.1 cm³/mol. The Labute approximate surface area is 149 Å². The van der Waals surface area contributed by atoms with E-state index < -0.39 is 23.3 Å². The molecule has 0 radical (unpaired) electrons. The number of aliphatic carboxylic acids is 1. The van der Waals surface area contributed by atoms with Gasteiger partial charge in [0.2, 0.25) is 0 Å². The molecule has 140 valence electrons. The normalized spacial score (nSPS) is 11.9. The van der Waals surface area contributed by atoms with Crippen molar-refractivity contribution in [1.29, 1.82) is 0 Å². The highest BCUT2D eigenvalue weighted by atomic mass is 16.7. The SMILES string of the molecule is CC(C)(C)OC(=O)N(CCCCc1ccccc1)OC(C)(C)C(=O)O. The van der Waals surface area contributed by atoms with Crippen LogP contribution in [0.4, 0.5) is 4.79 Å². The minimum atomic E-state index is -1.52. The number of hydrogen-bond acceptors (Lipinski definition) is 4. The molecule has 6 heteroatoms. The number of aryl methyl sites for hydroxylation is 1. The Bertz CT molecular complexity index is 563. The molecule has 0 saturated carbocycles. The first-order valence-corrected chi connectivity index (χ1v) is 8.48. The van der Waals surface area contributed by atoms with Gasteiger partial charge in [-0.25, -0.2) is 9.59 Å². The number of carboxylic acid groups (broad SMARTS) is 1. The molecule has 0 saturated heterocycles. The average Bonchev–Trinajstić information content (AvgIpc) is 2.49. The average molecular weight is 351 g/mol. The summed E-state index contributed by atoms with van der Waals surface area (Å²) in [6.07, 6.45) is 1.72. The quantitative estimate of drug-likeness (QED) is 0.565. The van der Waals surface area contributed by atoms with E-state index in [0.29, 0.717) is 6.42 Å². The van der Waals surface area contributed by atoms with Gasteiger partial charge in [0.05, 0.1) is 6.54 Å². The number of rotatable bonds is 8. The van der Waals surface area contributed by atoms with E-state index in [0.717, 1.165) is 17.9 Å². The third-order valence-corrected chi connectivity index (χ3v) is 3.37. The predicted octanol–water partition coefficient (Wildman–Crippen LogP) is 4.04. The van der Waals surface area contributed by atoms with Crippen molar-refractivity contribution >= 4 is 12.1 Å². The van der Waals surface area contributed by atoms with Crippen LogP contribution in [0.15, 0.2) is 30.3 Å². The van der Waals surface area contributed by atoms with Gasteiger partial charge in [-0.1, -0.05) is 30.3 Å². The van der Waals surface area contributed by atoms with Crippen LogP contribution in [-0.2, 0) is 20.8 Å². The molecule has 1 aromatic carbocycles. The summed E-state index contributed by atoms with van der Waals surface area (Å²) < 4.78 is 5.31. The molecule has 0 unspecified atom stereocenters. The number of carbonyl (C=O) groups excluding carboxylic acids is 1. The highest BCUT2D eigenvalue weighted by molar-refractivity contribution is 5.76. The fourth-order valence-electron chi connectivity index (χ4n) is 2.03. The van der Waals surface area contributed by atoms with Crippen molar-refractivity contribution < 1.29 is 24.3 Å². The first-order valence-electron chi connectivity index (χ1n) is 8.48. The van der Waals surface area contributed by atoms with Gasteiger partial charge in [-0.2, -0.15) is 5.06 Å². The molecule has 0 aliphatic rings. The summed E-state index contributed by atoms with van der Waals surface area (Å²) in [6.45, 7) is 8.31. The van der Waals surface area contributed by atoms with Crippen LogP contribution in [0.5, 0.6) is 0 Å². The second-order valence-electron chi connectivity index (χ2n) is 7.43. The molecule has 0 aliphatic heterocycles. The molecule has 1 amide bonds. The van der Waals surface area contributed by atoms with Gasteiger partial charge < -0.3 is 9.84 Å². The first-order chi connectivity index (χ1) is 11.5. The van der Waals surface area contributed by atoms with Crippen LogP contribution in [0.25, 0.3) is 0 Å². The van der Waals surface area contributed by atoms with Crippen LogP contribution in [0.1, 0.15) is 53.0 Å². The maximum absolute atomic E-state index is 12.3. The number of benzene rings is 1. The second-order valence-corrected chi connectivity index (χ2v) is 7.43. The van der Waals surface area contributed by atoms with Crippen LogP contribution in [0.2, 0.25) is 0 Å². The maximum Gasteiger partial charge on any atom is 0.434 e. The fourth-order valence-corrected chi connectivity index (χ4v) is 2.03. The Morgan fingerprint density at radius 1 is 1.04 bits per heavy atom. The first kappa shape index (κ1) is 21.0. The molecule has 0 spiro atoms. The molecule has 25 heavy (non-hydrogen) atoms. The Hall–Kier alpha value is -2.08. The van der Waals surface area contributed by atoms with Crippen molar-refractivity contribution in [1.82, 2.24) is 5.06 Å². The van der Waals surface area contributed by atoms with Crippen LogP contribution in [-0.4, -0.2) is 40.0 Å². The number of carboxylic acids is 1. The van der Waals surface area contributed by atoms with Crippen molar-refractivity contribution in [3.05, 3.63) is 35.9 Å². The van der Waals surface area contributed by atoms with E-state index in [1.54, 1.807) is 20.8 Å². The van der Waals surface area contributed by atoms with Gasteiger partial charge in [0.25, 0.3) is 0 Å². The Morgan fingerprint density at radius 3 is 2.16 bits per heavy atom. The Balaban J connectivity index is 2.64. The van der Waals surface area contributed by atoms with Crippen molar-refractivity contribution in [2.75, 3.05) is 6.54 Å². The van der Waals surface area contributed by atoms with Crippen molar-refractivity contribution in [2.24, 2.45) is 0 Å². The summed E-state index contributed by atoms with van der Waals surface area (Å²) >= 11 is 0. The standard InChI is InChI=1S/C19H29NO5/c1-18(2,3)24-17(23)20(25-19(4,5)16(21)22)14-10-9-13-15-11-7-6-8-12-15/h6-8,11-12H,9-10,13-14H2,1-5H3,(H,21,22). The number of hydroxylamine groups is 2. The van der Waals surface area contributed by atoms with Crippen LogP contribution >= 0.6 is 0 Å². The summed E-state index contributed by atoms with van der Waals surface area (Å²) in [4.78, 5) is 29.0. The maximum atomic E-state index is 12.3. The fraction of sp³-hybridized carbons (Fsp3) is 0.579. The molecule has 0 atom stereocenters. The van der Waals surface area contributed by atoms with E-state index >= 15 is 0 Å². The molecule has 0 fully saturated rings. The Morgan fingerprint density at radius 2 is 1.64 bits per heavy atom. The molecule has 0 heterocycles. The highest BCUT2D eigenvalue weighted by Gasteiger charge is 2.35. The van der Waals surface area contributed by atoms with Gasteiger partial charge in [-0.15, -0.1) is 0 Å². The molecule has 1 rings (SSSR count). The van der Waals surface area contributed by atoms with E-state index in [1.165, 1.54) is 19.4 Å². The summed E-state index contributed by atoms with van der Waals surface area (Å²) in [7, 11) is 0. The third kappa shape index (κ3) is 8.03. The summed E-state index contributed by atoms with van der Waals surface area (Å²) in [6, 6.07) is 10.0. The Kier molecular flexibility index (Phi) is 7.42. The largest absolute Gasteiger partial charge is 0.479 e. The number of ether oxygens (including phenoxy) is 1. The lowest BCUT2D eigenvalue weighted by Gasteiger charge is -2.31. The van der Waals surface area contributed by atoms with Gasteiger partial charge in [-0.05, 0) is 59.4 Å². The molecule has 6 nitrogen and oxygen atoms in total. The van der Waals surface area contributed by atoms with E-state index in [-0.39, 0.29) is 6.54 Å². The minimum absolute atomic E-state index is 0.262.